The molecule has 0 radical (unpaired) electrons. The molecule has 122 valence electrons. The third-order valence-electron chi connectivity index (χ3n) is 4.42. The number of halogens is 1. The topological polar surface area (TPSA) is 61.4 Å². The summed E-state index contributed by atoms with van der Waals surface area (Å²) in [6.07, 6.45) is 4.72. The minimum Gasteiger partial charge on any atom is -0.353 e. The Balaban J connectivity index is 0.00000220. The number of carbonyl (C=O) groups excluding carboxylic acids is 2. The van der Waals surface area contributed by atoms with E-state index in [0.717, 1.165) is 45.3 Å². The van der Waals surface area contributed by atoms with E-state index < -0.39 is 0 Å². The SMILES string of the molecule is CC(CC(=O)N1CCNCC1C)NC(=O)C1CCCC1.Cl. The Morgan fingerprint density at radius 1 is 1.33 bits per heavy atom. The molecule has 1 saturated carbocycles. The maximum Gasteiger partial charge on any atom is 0.224 e. The Morgan fingerprint density at radius 2 is 2.00 bits per heavy atom. The second-order valence-corrected chi connectivity index (χ2v) is 6.24. The molecule has 1 aliphatic carbocycles. The Hall–Kier alpha value is -0.810. The first-order valence-corrected chi connectivity index (χ1v) is 7.88. The maximum absolute atomic E-state index is 12.3. The summed E-state index contributed by atoms with van der Waals surface area (Å²) in [4.78, 5) is 26.2. The number of hydrogen-bond acceptors (Lipinski definition) is 3. The molecule has 2 aliphatic rings. The maximum atomic E-state index is 12.3. The summed E-state index contributed by atoms with van der Waals surface area (Å²) in [5.74, 6) is 0.458. The van der Waals surface area contributed by atoms with Crippen molar-refractivity contribution in [2.45, 2.75) is 58.0 Å². The Bertz CT molecular complexity index is 359. The number of nitrogens with one attached hydrogen (secondary N) is 2. The molecule has 6 heteroatoms. The van der Waals surface area contributed by atoms with Crippen molar-refractivity contribution in [1.82, 2.24) is 15.5 Å². The highest BCUT2D eigenvalue weighted by Crippen LogP contribution is 2.24. The van der Waals surface area contributed by atoms with Gasteiger partial charge in [0.1, 0.15) is 0 Å². The van der Waals surface area contributed by atoms with Crippen LogP contribution in [0, 0.1) is 5.92 Å². The average Bonchev–Trinajstić information content (AvgIpc) is 2.92. The summed E-state index contributed by atoms with van der Waals surface area (Å²) in [6.45, 7) is 6.47. The molecule has 0 bridgehead atoms. The van der Waals surface area contributed by atoms with Gasteiger partial charge in [0, 0.05) is 44.1 Å². The molecule has 2 atom stereocenters. The molecule has 2 amide bonds. The zero-order valence-electron chi connectivity index (χ0n) is 13.1. The molecule has 2 N–H and O–H groups in total. The highest BCUT2D eigenvalue weighted by atomic mass is 35.5. The smallest absolute Gasteiger partial charge is 0.224 e. The van der Waals surface area contributed by atoms with E-state index in [2.05, 4.69) is 17.6 Å². The Kier molecular flexibility index (Phi) is 7.46. The first-order chi connectivity index (χ1) is 9.58. The molecular formula is C15H28ClN3O2. The highest BCUT2D eigenvalue weighted by Gasteiger charge is 2.27. The number of carbonyl (C=O) groups is 2. The van der Waals surface area contributed by atoms with Crippen LogP contribution >= 0.6 is 12.4 Å². The van der Waals surface area contributed by atoms with E-state index in [-0.39, 0.29) is 42.2 Å². The van der Waals surface area contributed by atoms with Crippen LogP contribution in [0.2, 0.25) is 0 Å². The molecule has 0 aromatic carbocycles. The monoisotopic (exact) mass is 317 g/mol. The van der Waals surface area contributed by atoms with Gasteiger partial charge in [-0.25, -0.2) is 0 Å². The fraction of sp³-hybridized carbons (Fsp3) is 0.867. The molecule has 2 unspecified atom stereocenters. The lowest BCUT2D eigenvalue weighted by Gasteiger charge is -2.34. The summed E-state index contributed by atoms with van der Waals surface area (Å²) < 4.78 is 0. The first kappa shape index (κ1) is 18.2. The van der Waals surface area contributed by atoms with Gasteiger partial charge in [0.25, 0.3) is 0 Å². The number of nitrogens with zero attached hydrogens (tertiary/aromatic N) is 1. The van der Waals surface area contributed by atoms with Crippen LogP contribution in [0.1, 0.15) is 46.0 Å². The van der Waals surface area contributed by atoms with Gasteiger partial charge in [-0.05, 0) is 26.7 Å². The standard InChI is InChI=1S/C15H27N3O2.ClH/c1-11(17-15(20)13-5-3-4-6-13)9-14(19)18-8-7-16-10-12(18)2;/h11-13,16H,3-10H2,1-2H3,(H,17,20);1H. The largest absolute Gasteiger partial charge is 0.353 e. The van der Waals surface area contributed by atoms with Crippen LogP contribution in [0.4, 0.5) is 0 Å². The van der Waals surface area contributed by atoms with Crippen LogP contribution in [-0.4, -0.2) is 48.4 Å². The van der Waals surface area contributed by atoms with E-state index >= 15 is 0 Å². The molecule has 5 nitrogen and oxygen atoms in total. The number of amides is 2. The zero-order chi connectivity index (χ0) is 14.5. The van der Waals surface area contributed by atoms with Crippen LogP contribution in [0.25, 0.3) is 0 Å². The zero-order valence-corrected chi connectivity index (χ0v) is 13.9. The molecule has 0 aromatic heterocycles. The number of piperazine rings is 1. The molecule has 2 rings (SSSR count). The predicted molar refractivity (Wildman–Crippen MR) is 85.5 cm³/mol. The lowest BCUT2D eigenvalue weighted by atomic mass is 10.1. The minimum atomic E-state index is -0.0716. The lowest BCUT2D eigenvalue weighted by molar-refractivity contribution is -0.134. The van der Waals surface area contributed by atoms with Crippen LogP contribution in [0.15, 0.2) is 0 Å². The van der Waals surface area contributed by atoms with Gasteiger partial charge in [0.05, 0.1) is 0 Å². The van der Waals surface area contributed by atoms with Crippen molar-refractivity contribution < 1.29 is 9.59 Å². The lowest BCUT2D eigenvalue weighted by Crippen LogP contribution is -2.53. The second kappa shape index (κ2) is 8.59. The first-order valence-electron chi connectivity index (χ1n) is 7.88. The van der Waals surface area contributed by atoms with Crippen molar-refractivity contribution in [2.24, 2.45) is 5.92 Å². The van der Waals surface area contributed by atoms with E-state index in [1.54, 1.807) is 0 Å². The van der Waals surface area contributed by atoms with E-state index in [0.29, 0.717) is 6.42 Å². The number of hydrogen-bond donors (Lipinski definition) is 2. The average molecular weight is 318 g/mol. The molecule has 1 heterocycles. The quantitative estimate of drug-likeness (QED) is 0.822. The Morgan fingerprint density at radius 3 is 2.62 bits per heavy atom. The van der Waals surface area contributed by atoms with Gasteiger partial charge in [-0.3, -0.25) is 9.59 Å². The van der Waals surface area contributed by atoms with Gasteiger partial charge in [0.15, 0.2) is 0 Å². The van der Waals surface area contributed by atoms with E-state index in [9.17, 15) is 9.59 Å². The van der Waals surface area contributed by atoms with Crippen molar-refractivity contribution in [3.63, 3.8) is 0 Å². The summed E-state index contributed by atoms with van der Waals surface area (Å²) in [5.41, 5.74) is 0. The van der Waals surface area contributed by atoms with E-state index in [1.807, 2.05) is 11.8 Å². The van der Waals surface area contributed by atoms with Crippen molar-refractivity contribution in [1.29, 1.82) is 0 Å². The third-order valence-corrected chi connectivity index (χ3v) is 4.42. The van der Waals surface area contributed by atoms with Crippen molar-refractivity contribution in [3.05, 3.63) is 0 Å². The Labute approximate surface area is 133 Å². The summed E-state index contributed by atoms with van der Waals surface area (Å²) in [5, 5.41) is 6.28. The van der Waals surface area contributed by atoms with Crippen LogP contribution in [0.3, 0.4) is 0 Å². The van der Waals surface area contributed by atoms with Gasteiger partial charge in [0.2, 0.25) is 11.8 Å². The third kappa shape index (κ3) is 5.15. The van der Waals surface area contributed by atoms with Crippen LogP contribution in [-0.2, 0) is 9.59 Å². The molecule has 1 saturated heterocycles. The van der Waals surface area contributed by atoms with Gasteiger partial charge < -0.3 is 15.5 Å². The van der Waals surface area contributed by atoms with Crippen LogP contribution < -0.4 is 10.6 Å². The highest BCUT2D eigenvalue weighted by molar-refractivity contribution is 5.85. The summed E-state index contributed by atoms with van der Waals surface area (Å²) >= 11 is 0. The van der Waals surface area contributed by atoms with E-state index in [4.69, 9.17) is 0 Å². The van der Waals surface area contributed by atoms with Gasteiger partial charge >= 0.3 is 0 Å². The molecular weight excluding hydrogens is 290 g/mol. The normalized spacial score (nSPS) is 24.3. The number of rotatable bonds is 4. The second-order valence-electron chi connectivity index (χ2n) is 6.24. The summed E-state index contributed by atoms with van der Waals surface area (Å²) in [7, 11) is 0. The fourth-order valence-electron chi connectivity index (χ4n) is 3.19. The minimum absolute atomic E-state index is 0. The molecule has 0 aromatic rings. The molecule has 2 fully saturated rings. The van der Waals surface area contributed by atoms with Crippen molar-refractivity contribution in [2.75, 3.05) is 19.6 Å². The van der Waals surface area contributed by atoms with Crippen LogP contribution in [0.5, 0.6) is 0 Å². The molecule has 21 heavy (non-hydrogen) atoms. The van der Waals surface area contributed by atoms with E-state index in [1.165, 1.54) is 0 Å². The van der Waals surface area contributed by atoms with Crippen molar-refractivity contribution >= 4 is 24.2 Å². The van der Waals surface area contributed by atoms with Crippen molar-refractivity contribution in [3.8, 4) is 0 Å². The van der Waals surface area contributed by atoms with Gasteiger partial charge in [-0.1, -0.05) is 12.8 Å². The fourth-order valence-corrected chi connectivity index (χ4v) is 3.19. The summed E-state index contributed by atoms with van der Waals surface area (Å²) in [6, 6.07) is 0.173. The molecule has 0 spiro atoms. The molecule has 1 aliphatic heterocycles. The van der Waals surface area contributed by atoms with Gasteiger partial charge in [-0.2, -0.15) is 0 Å². The van der Waals surface area contributed by atoms with Gasteiger partial charge in [-0.15, -0.1) is 12.4 Å². The predicted octanol–water partition coefficient (Wildman–Crippen LogP) is 1.31.